The fraction of sp³-hybridized carbons (Fsp3) is 0.400. The molecule has 0 atom stereocenters. The van der Waals surface area contributed by atoms with Crippen LogP contribution < -0.4 is 15.6 Å². The molecule has 0 bridgehead atoms. The SMILES string of the molecule is CC(C)(CN)NS(=O)(=O)c1cccc(S(N)(=O)=O)c1. The monoisotopic (exact) mass is 307 g/mol. The molecule has 19 heavy (non-hydrogen) atoms. The molecule has 0 radical (unpaired) electrons. The highest BCUT2D eigenvalue weighted by Gasteiger charge is 2.25. The number of rotatable bonds is 5. The van der Waals surface area contributed by atoms with E-state index in [-0.39, 0.29) is 16.3 Å². The number of nitrogens with one attached hydrogen (secondary N) is 1. The number of primary sulfonamides is 1. The first-order valence-electron chi connectivity index (χ1n) is 5.35. The van der Waals surface area contributed by atoms with Crippen molar-refractivity contribution in [2.45, 2.75) is 29.2 Å². The minimum absolute atomic E-state index is 0.0983. The molecule has 108 valence electrons. The fourth-order valence-corrected chi connectivity index (χ4v) is 3.39. The molecular formula is C10H17N3O4S2. The van der Waals surface area contributed by atoms with Crippen LogP contribution in [-0.2, 0) is 20.0 Å². The Balaban J connectivity index is 3.24. The van der Waals surface area contributed by atoms with E-state index in [1.165, 1.54) is 18.2 Å². The van der Waals surface area contributed by atoms with Crippen molar-refractivity contribution < 1.29 is 16.8 Å². The number of hydrogen-bond donors (Lipinski definition) is 3. The Kier molecular flexibility index (Phi) is 4.37. The van der Waals surface area contributed by atoms with Gasteiger partial charge >= 0.3 is 0 Å². The highest BCUT2D eigenvalue weighted by molar-refractivity contribution is 7.90. The molecule has 0 aromatic heterocycles. The predicted octanol–water partition coefficient (Wildman–Crippen LogP) is -0.650. The van der Waals surface area contributed by atoms with Crippen LogP contribution in [0.2, 0.25) is 0 Å². The number of sulfonamides is 2. The molecule has 0 saturated heterocycles. The van der Waals surface area contributed by atoms with Gasteiger partial charge in [0.25, 0.3) is 0 Å². The summed E-state index contributed by atoms with van der Waals surface area (Å²) in [6.07, 6.45) is 0. The molecule has 0 fully saturated rings. The minimum Gasteiger partial charge on any atom is -0.329 e. The van der Waals surface area contributed by atoms with E-state index in [9.17, 15) is 16.8 Å². The Hall–Kier alpha value is -1.00. The summed E-state index contributed by atoms with van der Waals surface area (Å²) in [5.74, 6) is 0. The first kappa shape index (κ1) is 16.1. The third kappa shape index (κ3) is 4.25. The second kappa shape index (κ2) is 5.17. The van der Waals surface area contributed by atoms with E-state index < -0.39 is 25.6 Å². The van der Waals surface area contributed by atoms with Crippen molar-refractivity contribution in [1.29, 1.82) is 0 Å². The molecule has 0 aliphatic rings. The summed E-state index contributed by atoms with van der Waals surface area (Å²) in [6, 6.07) is 4.82. The van der Waals surface area contributed by atoms with Gasteiger partial charge in [-0.3, -0.25) is 0 Å². The van der Waals surface area contributed by atoms with Crippen molar-refractivity contribution in [3.05, 3.63) is 24.3 Å². The molecule has 5 N–H and O–H groups in total. The number of hydrogen-bond acceptors (Lipinski definition) is 5. The topological polar surface area (TPSA) is 132 Å². The van der Waals surface area contributed by atoms with Crippen LogP contribution in [0.3, 0.4) is 0 Å². The number of nitrogens with two attached hydrogens (primary N) is 2. The Morgan fingerprint density at radius 2 is 1.68 bits per heavy atom. The van der Waals surface area contributed by atoms with Crippen LogP contribution in [0, 0.1) is 0 Å². The van der Waals surface area contributed by atoms with Gasteiger partial charge in [0.2, 0.25) is 20.0 Å². The summed E-state index contributed by atoms with van der Waals surface area (Å²) in [5.41, 5.74) is 4.61. The minimum atomic E-state index is -3.95. The lowest BCUT2D eigenvalue weighted by atomic mass is 10.1. The van der Waals surface area contributed by atoms with Crippen molar-refractivity contribution in [2.75, 3.05) is 6.54 Å². The molecule has 0 saturated carbocycles. The van der Waals surface area contributed by atoms with Gasteiger partial charge in [-0.25, -0.2) is 26.7 Å². The molecule has 0 aliphatic carbocycles. The highest BCUT2D eigenvalue weighted by atomic mass is 32.2. The van der Waals surface area contributed by atoms with Crippen LogP contribution in [0.15, 0.2) is 34.1 Å². The van der Waals surface area contributed by atoms with E-state index in [0.717, 1.165) is 6.07 Å². The summed E-state index contributed by atoms with van der Waals surface area (Å²) in [7, 11) is -7.81. The van der Waals surface area contributed by atoms with Crippen LogP contribution >= 0.6 is 0 Å². The summed E-state index contributed by atoms with van der Waals surface area (Å²) >= 11 is 0. The second-order valence-electron chi connectivity index (χ2n) is 4.71. The lowest BCUT2D eigenvalue weighted by molar-refractivity contribution is 0.462. The van der Waals surface area contributed by atoms with Gasteiger partial charge in [0, 0.05) is 12.1 Å². The number of benzene rings is 1. The van der Waals surface area contributed by atoms with Gasteiger partial charge in [-0.15, -0.1) is 0 Å². The average molecular weight is 307 g/mol. The predicted molar refractivity (Wildman–Crippen MR) is 71.3 cm³/mol. The second-order valence-corrected chi connectivity index (χ2v) is 7.96. The lowest BCUT2D eigenvalue weighted by Gasteiger charge is -2.23. The molecule has 0 aliphatic heterocycles. The zero-order valence-corrected chi connectivity index (χ0v) is 12.3. The molecule has 9 heteroatoms. The zero-order chi connectivity index (χ0) is 14.9. The van der Waals surface area contributed by atoms with Gasteiger partial charge in [-0.2, -0.15) is 0 Å². The van der Waals surface area contributed by atoms with Crippen LogP contribution in [0.25, 0.3) is 0 Å². The van der Waals surface area contributed by atoms with Crippen molar-refractivity contribution in [1.82, 2.24) is 4.72 Å². The maximum atomic E-state index is 12.1. The molecule has 0 spiro atoms. The van der Waals surface area contributed by atoms with Gasteiger partial charge in [0.05, 0.1) is 9.79 Å². The Morgan fingerprint density at radius 3 is 2.16 bits per heavy atom. The van der Waals surface area contributed by atoms with Crippen molar-refractivity contribution >= 4 is 20.0 Å². The largest absolute Gasteiger partial charge is 0.329 e. The first-order valence-corrected chi connectivity index (χ1v) is 8.38. The molecule has 0 amide bonds. The van der Waals surface area contributed by atoms with Gasteiger partial charge in [-0.05, 0) is 32.0 Å². The third-order valence-corrected chi connectivity index (χ3v) is 4.97. The molecule has 1 aromatic rings. The van der Waals surface area contributed by atoms with E-state index >= 15 is 0 Å². The van der Waals surface area contributed by atoms with Gasteiger partial charge in [0.1, 0.15) is 0 Å². The molecule has 0 unspecified atom stereocenters. The van der Waals surface area contributed by atoms with Crippen LogP contribution in [0.4, 0.5) is 0 Å². The molecular weight excluding hydrogens is 290 g/mol. The fourth-order valence-electron chi connectivity index (χ4n) is 1.28. The molecule has 0 heterocycles. The zero-order valence-electron chi connectivity index (χ0n) is 10.6. The maximum Gasteiger partial charge on any atom is 0.241 e. The Labute approximate surface area is 113 Å². The van der Waals surface area contributed by atoms with Crippen molar-refractivity contribution in [2.24, 2.45) is 10.9 Å². The highest BCUT2D eigenvalue weighted by Crippen LogP contribution is 2.16. The summed E-state index contributed by atoms with van der Waals surface area (Å²) in [5, 5.41) is 4.96. The van der Waals surface area contributed by atoms with E-state index in [1.807, 2.05) is 0 Å². The summed E-state index contributed by atoms with van der Waals surface area (Å²) in [4.78, 5) is -0.443. The average Bonchev–Trinajstić information content (AvgIpc) is 2.27. The van der Waals surface area contributed by atoms with Crippen LogP contribution in [0.1, 0.15) is 13.8 Å². The quantitative estimate of drug-likeness (QED) is 0.665. The van der Waals surface area contributed by atoms with Crippen molar-refractivity contribution in [3.63, 3.8) is 0 Å². The Bertz CT molecular complexity index is 666. The Morgan fingerprint density at radius 1 is 1.16 bits per heavy atom. The van der Waals surface area contributed by atoms with E-state index in [1.54, 1.807) is 13.8 Å². The summed E-state index contributed by atoms with van der Waals surface area (Å²) in [6.45, 7) is 3.34. The molecule has 1 aromatic carbocycles. The maximum absolute atomic E-state index is 12.1. The molecule has 1 rings (SSSR count). The van der Waals surface area contributed by atoms with E-state index in [0.29, 0.717) is 0 Å². The van der Waals surface area contributed by atoms with Crippen molar-refractivity contribution in [3.8, 4) is 0 Å². The smallest absolute Gasteiger partial charge is 0.241 e. The van der Waals surface area contributed by atoms with Gasteiger partial charge < -0.3 is 5.73 Å². The van der Waals surface area contributed by atoms with E-state index in [2.05, 4.69) is 4.72 Å². The normalized spacial score (nSPS) is 13.5. The lowest BCUT2D eigenvalue weighted by Crippen LogP contribution is -2.48. The third-order valence-electron chi connectivity index (χ3n) is 2.37. The van der Waals surface area contributed by atoms with Gasteiger partial charge in [0.15, 0.2) is 0 Å². The first-order chi connectivity index (χ1) is 8.48. The van der Waals surface area contributed by atoms with Gasteiger partial charge in [-0.1, -0.05) is 6.07 Å². The molecule has 7 nitrogen and oxygen atoms in total. The van der Waals surface area contributed by atoms with Crippen LogP contribution in [-0.4, -0.2) is 28.9 Å². The van der Waals surface area contributed by atoms with Crippen LogP contribution in [0.5, 0.6) is 0 Å². The standard InChI is InChI=1S/C10H17N3O4S2/c1-10(2,7-11)13-19(16,17)9-5-3-4-8(6-9)18(12,14)15/h3-6,13H,7,11H2,1-2H3,(H2,12,14,15). The summed E-state index contributed by atoms with van der Waals surface area (Å²) < 4.78 is 48.9. The van der Waals surface area contributed by atoms with E-state index in [4.69, 9.17) is 10.9 Å².